The highest BCUT2D eigenvalue weighted by Gasteiger charge is 2.33. The van der Waals surface area contributed by atoms with Crippen molar-refractivity contribution in [2.24, 2.45) is 0 Å². The van der Waals surface area contributed by atoms with Crippen molar-refractivity contribution in [3.63, 3.8) is 0 Å². The van der Waals surface area contributed by atoms with Crippen molar-refractivity contribution < 1.29 is 22.8 Å². The Morgan fingerprint density at radius 1 is 1.23 bits per heavy atom. The minimum absolute atomic E-state index is 0.141. The number of carbonyl (C=O) groups excluding carboxylic acids is 2. The summed E-state index contributed by atoms with van der Waals surface area (Å²) in [6.07, 6.45) is -4.58. The molecule has 2 aromatic rings. The quantitative estimate of drug-likeness (QED) is 0.837. The zero-order chi connectivity index (χ0) is 19.5. The number of hydrogen-bond donors (Lipinski definition) is 2. The number of anilines is 1. The van der Waals surface area contributed by atoms with Crippen LogP contribution in [0.4, 0.5) is 19.0 Å². The van der Waals surface area contributed by atoms with Crippen molar-refractivity contribution in [2.45, 2.75) is 26.6 Å². The van der Waals surface area contributed by atoms with Crippen LogP contribution in [0.5, 0.6) is 0 Å². The van der Waals surface area contributed by atoms with Gasteiger partial charge in [0.1, 0.15) is 5.82 Å². The minimum atomic E-state index is -4.58. The molecule has 0 unspecified atom stereocenters. The molecule has 0 atom stereocenters. The molecular formula is C17H15ClF3N3O2. The number of halogens is 4. The van der Waals surface area contributed by atoms with E-state index >= 15 is 0 Å². The van der Waals surface area contributed by atoms with E-state index in [2.05, 4.69) is 15.6 Å². The minimum Gasteiger partial charge on any atom is -0.348 e. The molecule has 0 saturated carbocycles. The van der Waals surface area contributed by atoms with E-state index in [9.17, 15) is 22.8 Å². The average molecular weight is 386 g/mol. The average Bonchev–Trinajstić information content (AvgIpc) is 2.51. The molecule has 0 bridgehead atoms. The van der Waals surface area contributed by atoms with Gasteiger partial charge in [-0.3, -0.25) is 9.59 Å². The van der Waals surface area contributed by atoms with Gasteiger partial charge in [0, 0.05) is 24.7 Å². The summed E-state index contributed by atoms with van der Waals surface area (Å²) < 4.78 is 38.6. The van der Waals surface area contributed by atoms with Crippen molar-refractivity contribution in [1.29, 1.82) is 0 Å². The van der Waals surface area contributed by atoms with Crippen molar-refractivity contribution in [3.05, 3.63) is 57.7 Å². The van der Waals surface area contributed by atoms with Crippen molar-refractivity contribution in [2.75, 3.05) is 5.32 Å². The Labute approximate surface area is 152 Å². The Bertz CT molecular complexity index is 854. The van der Waals surface area contributed by atoms with Crippen molar-refractivity contribution in [3.8, 4) is 0 Å². The molecule has 0 fully saturated rings. The summed E-state index contributed by atoms with van der Waals surface area (Å²) in [5, 5.41) is 4.53. The van der Waals surface area contributed by atoms with Gasteiger partial charge >= 0.3 is 6.18 Å². The standard InChI is InChI=1S/C17H15ClF3N3O2/c1-9-6-12(7-14(23-9)24-10(2)25)16(26)22-8-11-4-3-5-13(15(11)18)17(19,20)21/h3-7H,8H2,1-2H3,(H,22,26)(H,23,24,25). The van der Waals surface area contributed by atoms with Gasteiger partial charge in [-0.15, -0.1) is 0 Å². The molecule has 2 N–H and O–H groups in total. The van der Waals surface area contributed by atoms with Gasteiger partial charge in [-0.2, -0.15) is 13.2 Å². The molecule has 0 aliphatic rings. The zero-order valence-electron chi connectivity index (χ0n) is 13.9. The Kier molecular flexibility index (Phi) is 5.86. The molecule has 2 amide bonds. The van der Waals surface area contributed by atoms with E-state index in [0.717, 1.165) is 6.07 Å². The lowest BCUT2D eigenvalue weighted by Crippen LogP contribution is -2.24. The van der Waals surface area contributed by atoms with Gasteiger partial charge in [0.15, 0.2) is 0 Å². The van der Waals surface area contributed by atoms with E-state index in [1.54, 1.807) is 6.92 Å². The highest BCUT2D eigenvalue weighted by atomic mass is 35.5. The van der Waals surface area contributed by atoms with E-state index in [1.807, 2.05) is 0 Å². The van der Waals surface area contributed by atoms with Crippen LogP contribution in [0.1, 0.15) is 34.1 Å². The van der Waals surface area contributed by atoms with Gasteiger partial charge in [0.05, 0.1) is 10.6 Å². The van der Waals surface area contributed by atoms with Crippen molar-refractivity contribution >= 4 is 29.2 Å². The normalized spacial score (nSPS) is 11.2. The molecule has 2 rings (SSSR count). The fraction of sp³-hybridized carbons (Fsp3) is 0.235. The number of rotatable bonds is 4. The van der Waals surface area contributed by atoms with Crippen LogP contribution < -0.4 is 10.6 Å². The Morgan fingerprint density at radius 3 is 2.54 bits per heavy atom. The second-order valence-electron chi connectivity index (χ2n) is 5.52. The molecule has 0 radical (unpaired) electrons. The summed E-state index contributed by atoms with van der Waals surface area (Å²) in [6.45, 7) is 2.77. The molecule has 1 aromatic carbocycles. The van der Waals surface area contributed by atoms with Gasteiger partial charge in [-0.25, -0.2) is 4.98 Å². The summed E-state index contributed by atoms with van der Waals surface area (Å²) in [4.78, 5) is 27.5. The Hall–Kier alpha value is -2.61. The second-order valence-corrected chi connectivity index (χ2v) is 5.90. The number of nitrogens with one attached hydrogen (secondary N) is 2. The third-order valence-electron chi connectivity index (χ3n) is 3.34. The largest absolute Gasteiger partial charge is 0.417 e. The maximum atomic E-state index is 12.9. The molecular weight excluding hydrogens is 371 g/mol. The molecule has 1 aromatic heterocycles. The van der Waals surface area contributed by atoms with Crippen LogP contribution in [0.25, 0.3) is 0 Å². The Morgan fingerprint density at radius 2 is 1.92 bits per heavy atom. The number of alkyl halides is 3. The summed E-state index contributed by atoms with van der Waals surface area (Å²) in [7, 11) is 0. The first kappa shape index (κ1) is 19.7. The first-order valence-corrected chi connectivity index (χ1v) is 7.85. The molecule has 0 aliphatic heterocycles. The van der Waals surface area contributed by atoms with Crippen LogP contribution in [0.3, 0.4) is 0 Å². The molecule has 9 heteroatoms. The van der Waals surface area contributed by atoms with Gasteiger partial charge < -0.3 is 10.6 Å². The highest BCUT2D eigenvalue weighted by molar-refractivity contribution is 6.32. The molecule has 0 saturated heterocycles. The number of nitrogens with zero attached hydrogens (tertiary/aromatic N) is 1. The number of pyridine rings is 1. The van der Waals surface area contributed by atoms with Gasteiger partial charge in [-0.05, 0) is 30.7 Å². The lowest BCUT2D eigenvalue weighted by Gasteiger charge is -2.13. The number of amides is 2. The predicted molar refractivity (Wildman–Crippen MR) is 90.9 cm³/mol. The van der Waals surface area contributed by atoms with E-state index in [0.29, 0.717) is 5.69 Å². The highest BCUT2D eigenvalue weighted by Crippen LogP contribution is 2.36. The predicted octanol–water partition coefficient (Wildman–Crippen LogP) is 3.95. The van der Waals surface area contributed by atoms with Crippen LogP contribution in [0.15, 0.2) is 30.3 Å². The van der Waals surface area contributed by atoms with Crippen LogP contribution >= 0.6 is 11.6 Å². The van der Waals surface area contributed by atoms with E-state index in [4.69, 9.17) is 11.6 Å². The smallest absolute Gasteiger partial charge is 0.348 e. The van der Waals surface area contributed by atoms with Gasteiger partial charge in [0.25, 0.3) is 5.91 Å². The number of aryl methyl sites for hydroxylation is 1. The first-order valence-electron chi connectivity index (χ1n) is 7.47. The zero-order valence-corrected chi connectivity index (χ0v) is 14.6. The van der Waals surface area contributed by atoms with Crippen LogP contribution in [-0.2, 0) is 17.5 Å². The van der Waals surface area contributed by atoms with Crippen LogP contribution in [0.2, 0.25) is 5.02 Å². The number of benzene rings is 1. The summed E-state index contributed by atoms with van der Waals surface area (Å²) in [5.41, 5.74) is -0.107. The summed E-state index contributed by atoms with van der Waals surface area (Å²) in [6, 6.07) is 6.37. The summed E-state index contributed by atoms with van der Waals surface area (Å²) >= 11 is 5.80. The molecule has 26 heavy (non-hydrogen) atoms. The van der Waals surface area contributed by atoms with Gasteiger partial charge in [0.2, 0.25) is 5.91 Å². The number of aromatic nitrogens is 1. The lowest BCUT2D eigenvalue weighted by molar-refractivity contribution is -0.137. The monoisotopic (exact) mass is 385 g/mol. The molecule has 0 aliphatic carbocycles. The fourth-order valence-electron chi connectivity index (χ4n) is 2.26. The number of carbonyl (C=O) groups is 2. The van der Waals surface area contributed by atoms with E-state index in [-0.39, 0.29) is 29.4 Å². The topological polar surface area (TPSA) is 71.1 Å². The molecule has 0 spiro atoms. The van der Waals surface area contributed by atoms with Crippen LogP contribution in [-0.4, -0.2) is 16.8 Å². The first-order chi connectivity index (χ1) is 12.1. The maximum Gasteiger partial charge on any atom is 0.417 e. The van der Waals surface area contributed by atoms with Crippen molar-refractivity contribution in [1.82, 2.24) is 10.3 Å². The van der Waals surface area contributed by atoms with Crippen LogP contribution in [0, 0.1) is 6.92 Å². The second kappa shape index (κ2) is 7.74. The lowest BCUT2D eigenvalue weighted by atomic mass is 10.1. The SMILES string of the molecule is CC(=O)Nc1cc(C(=O)NCc2cccc(C(F)(F)F)c2Cl)cc(C)n1. The molecule has 5 nitrogen and oxygen atoms in total. The third-order valence-corrected chi connectivity index (χ3v) is 3.79. The fourth-order valence-corrected chi connectivity index (χ4v) is 2.56. The third kappa shape index (κ3) is 4.95. The molecule has 1 heterocycles. The Balaban J connectivity index is 2.17. The summed E-state index contributed by atoms with van der Waals surface area (Å²) in [5.74, 6) is -0.666. The van der Waals surface area contributed by atoms with E-state index < -0.39 is 22.7 Å². The van der Waals surface area contributed by atoms with Gasteiger partial charge in [-0.1, -0.05) is 23.7 Å². The molecule has 138 valence electrons. The number of hydrogen-bond acceptors (Lipinski definition) is 3. The maximum absolute atomic E-state index is 12.9. The van der Waals surface area contributed by atoms with E-state index in [1.165, 1.54) is 31.2 Å².